The Kier molecular flexibility index (Phi) is 4.71. The van der Waals surface area contributed by atoms with E-state index in [9.17, 15) is 0 Å². The number of morpholine rings is 1. The molecule has 0 aliphatic carbocycles. The van der Waals surface area contributed by atoms with Crippen LogP contribution in [0.2, 0.25) is 0 Å². The number of nitrogens with zero attached hydrogens (tertiary/aromatic N) is 1. The Morgan fingerprint density at radius 2 is 1.90 bits per heavy atom. The number of benzene rings is 1. The van der Waals surface area contributed by atoms with E-state index in [1.807, 2.05) is 0 Å². The zero-order chi connectivity index (χ0) is 13.8. The van der Waals surface area contributed by atoms with Crippen LogP contribution in [0.1, 0.15) is 37.8 Å². The summed E-state index contributed by atoms with van der Waals surface area (Å²) < 4.78 is 5.98. The van der Waals surface area contributed by atoms with E-state index in [1.165, 1.54) is 24.8 Å². The van der Waals surface area contributed by atoms with Crippen LogP contribution in [0.4, 0.5) is 0 Å². The van der Waals surface area contributed by atoms with E-state index in [0.717, 1.165) is 26.2 Å². The fraction of sp³-hybridized carbons (Fsp3) is 0.647. The van der Waals surface area contributed by atoms with E-state index in [0.29, 0.717) is 18.2 Å². The summed E-state index contributed by atoms with van der Waals surface area (Å²) in [5, 5.41) is 3.60. The van der Waals surface area contributed by atoms with Crippen LogP contribution in [0, 0.1) is 0 Å². The fourth-order valence-electron chi connectivity index (χ4n) is 3.45. The van der Waals surface area contributed by atoms with Gasteiger partial charge in [-0.05, 0) is 31.4 Å². The van der Waals surface area contributed by atoms with Gasteiger partial charge in [-0.15, -0.1) is 0 Å². The van der Waals surface area contributed by atoms with Crippen LogP contribution < -0.4 is 5.32 Å². The van der Waals surface area contributed by atoms with Crippen molar-refractivity contribution in [3.8, 4) is 0 Å². The first kappa shape index (κ1) is 14.1. The Morgan fingerprint density at radius 1 is 1.20 bits per heavy atom. The van der Waals surface area contributed by atoms with Crippen molar-refractivity contribution in [1.82, 2.24) is 10.2 Å². The molecular formula is C17H26N2O. The van der Waals surface area contributed by atoms with E-state index in [2.05, 4.69) is 47.5 Å². The van der Waals surface area contributed by atoms with Crippen molar-refractivity contribution >= 4 is 0 Å². The van der Waals surface area contributed by atoms with Crippen LogP contribution in [-0.4, -0.2) is 43.3 Å². The molecule has 110 valence electrons. The summed E-state index contributed by atoms with van der Waals surface area (Å²) in [4.78, 5) is 2.63. The maximum absolute atomic E-state index is 5.98. The van der Waals surface area contributed by atoms with Crippen molar-refractivity contribution in [3.05, 3.63) is 35.9 Å². The molecule has 2 bridgehead atoms. The molecule has 20 heavy (non-hydrogen) atoms. The Balaban J connectivity index is 1.71. The van der Waals surface area contributed by atoms with Gasteiger partial charge in [0.05, 0.1) is 12.2 Å². The van der Waals surface area contributed by atoms with Crippen molar-refractivity contribution in [2.45, 2.75) is 44.4 Å². The third kappa shape index (κ3) is 3.22. The average molecular weight is 274 g/mol. The largest absolute Gasteiger partial charge is 0.372 e. The minimum absolute atomic E-state index is 0.464. The van der Waals surface area contributed by atoms with Gasteiger partial charge in [-0.3, -0.25) is 4.90 Å². The van der Waals surface area contributed by atoms with Crippen molar-refractivity contribution in [3.63, 3.8) is 0 Å². The Bertz CT molecular complexity index is 397. The predicted octanol–water partition coefficient (Wildman–Crippen LogP) is 2.59. The van der Waals surface area contributed by atoms with Crippen LogP contribution in [0.25, 0.3) is 0 Å². The SMILES string of the molecule is CCCNCC(c1ccccc1)N1CC2CCC(C1)O2. The van der Waals surface area contributed by atoms with E-state index in [1.54, 1.807) is 0 Å². The lowest BCUT2D eigenvalue weighted by Gasteiger charge is -2.38. The van der Waals surface area contributed by atoms with Gasteiger partial charge >= 0.3 is 0 Å². The highest BCUT2D eigenvalue weighted by atomic mass is 16.5. The summed E-state index contributed by atoms with van der Waals surface area (Å²) in [7, 11) is 0. The summed E-state index contributed by atoms with van der Waals surface area (Å²) in [6.45, 7) is 6.53. The van der Waals surface area contributed by atoms with E-state index < -0.39 is 0 Å². The zero-order valence-electron chi connectivity index (χ0n) is 12.4. The lowest BCUT2D eigenvalue weighted by molar-refractivity contribution is -0.0530. The van der Waals surface area contributed by atoms with Crippen LogP contribution >= 0.6 is 0 Å². The lowest BCUT2D eigenvalue weighted by atomic mass is 10.0. The van der Waals surface area contributed by atoms with Crippen LogP contribution in [0.5, 0.6) is 0 Å². The predicted molar refractivity (Wildman–Crippen MR) is 81.8 cm³/mol. The third-order valence-electron chi connectivity index (χ3n) is 4.46. The van der Waals surface area contributed by atoms with Crippen LogP contribution in [0.3, 0.4) is 0 Å². The molecular weight excluding hydrogens is 248 g/mol. The first-order chi connectivity index (χ1) is 9.86. The Labute approximate surface area is 122 Å². The molecule has 2 saturated heterocycles. The second-order valence-corrected chi connectivity index (χ2v) is 6.04. The topological polar surface area (TPSA) is 24.5 Å². The van der Waals surface area contributed by atoms with E-state index in [4.69, 9.17) is 4.74 Å². The number of likely N-dealkylation sites (tertiary alicyclic amines) is 1. The lowest BCUT2D eigenvalue weighted by Crippen LogP contribution is -2.47. The Morgan fingerprint density at radius 3 is 2.55 bits per heavy atom. The molecule has 2 aliphatic rings. The number of fused-ring (bicyclic) bond motifs is 2. The number of ether oxygens (including phenoxy) is 1. The number of hydrogen-bond acceptors (Lipinski definition) is 3. The molecule has 1 aromatic carbocycles. The highest BCUT2D eigenvalue weighted by molar-refractivity contribution is 5.20. The van der Waals surface area contributed by atoms with Gasteiger partial charge < -0.3 is 10.1 Å². The van der Waals surface area contributed by atoms with Crippen molar-refractivity contribution in [2.75, 3.05) is 26.2 Å². The maximum atomic E-state index is 5.98. The van der Waals surface area contributed by atoms with Gasteiger partial charge in [-0.25, -0.2) is 0 Å². The molecule has 1 aromatic rings. The highest BCUT2D eigenvalue weighted by Gasteiger charge is 2.36. The van der Waals surface area contributed by atoms with Gasteiger partial charge in [-0.1, -0.05) is 37.3 Å². The molecule has 3 rings (SSSR count). The molecule has 0 amide bonds. The average Bonchev–Trinajstić information content (AvgIpc) is 2.83. The number of nitrogens with one attached hydrogen (secondary N) is 1. The van der Waals surface area contributed by atoms with Gasteiger partial charge in [0.25, 0.3) is 0 Å². The second-order valence-electron chi connectivity index (χ2n) is 6.04. The molecule has 0 saturated carbocycles. The summed E-state index contributed by atoms with van der Waals surface area (Å²) in [5.74, 6) is 0. The van der Waals surface area contributed by atoms with E-state index in [-0.39, 0.29) is 0 Å². The summed E-state index contributed by atoms with van der Waals surface area (Å²) in [5.41, 5.74) is 1.43. The molecule has 2 aliphatic heterocycles. The van der Waals surface area contributed by atoms with Gasteiger partial charge in [0.1, 0.15) is 0 Å². The van der Waals surface area contributed by atoms with E-state index >= 15 is 0 Å². The summed E-state index contributed by atoms with van der Waals surface area (Å²) in [6, 6.07) is 11.4. The molecule has 2 heterocycles. The number of rotatable bonds is 6. The second kappa shape index (κ2) is 6.70. The summed E-state index contributed by atoms with van der Waals surface area (Å²) in [6.07, 6.45) is 4.60. The molecule has 3 nitrogen and oxygen atoms in total. The molecule has 3 heteroatoms. The van der Waals surface area contributed by atoms with Crippen molar-refractivity contribution < 1.29 is 4.74 Å². The first-order valence-corrected chi connectivity index (χ1v) is 8.02. The standard InChI is InChI=1S/C17H26N2O/c1-2-10-18-11-17(14-6-4-3-5-7-14)19-12-15-8-9-16(13-19)20-15/h3-7,15-18H,2,8-13H2,1H3. The van der Waals surface area contributed by atoms with Gasteiger partial charge in [-0.2, -0.15) is 0 Å². The summed E-state index contributed by atoms with van der Waals surface area (Å²) >= 11 is 0. The molecule has 0 spiro atoms. The van der Waals surface area contributed by atoms with Gasteiger partial charge in [0.15, 0.2) is 0 Å². The first-order valence-electron chi connectivity index (χ1n) is 8.02. The van der Waals surface area contributed by atoms with Gasteiger partial charge in [0, 0.05) is 25.7 Å². The fourth-order valence-corrected chi connectivity index (χ4v) is 3.45. The third-order valence-corrected chi connectivity index (χ3v) is 4.46. The highest BCUT2D eigenvalue weighted by Crippen LogP contribution is 2.31. The smallest absolute Gasteiger partial charge is 0.0707 e. The molecule has 0 radical (unpaired) electrons. The minimum atomic E-state index is 0.464. The minimum Gasteiger partial charge on any atom is -0.372 e. The number of hydrogen-bond donors (Lipinski definition) is 1. The maximum Gasteiger partial charge on any atom is 0.0707 e. The van der Waals surface area contributed by atoms with Crippen LogP contribution in [0.15, 0.2) is 30.3 Å². The molecule has 0 aromatic heterocycles. The monoisotopic (exact) mass is 274 g/mol. The zero-order valence-corrected chi connectivity index (χ0v) is 12.4. The molecule has 3 unspecified atom stereocenters. The van der Waals surface area contributed by atoms with Crippen molar-refractivity contribution in [2.24, 2.45) is 0 Å². The molecule has 1 N–H and O–H groups in total. The quantitative estimate of drug-likeness (QED) is 0.807. The Hall–Kier alpha value is -0.900. The molecule has 2 fully saturated rings. The molecule has 3 atom stereocenters. The van der Waals surface area contributed by atoms with Gasteiger partial charge in [0.2, 0.25) is 0 Å². The van der Waals surface area contributed by atoms with Crippen molar-refractivity contribution in [1.29, 1.82) is 0 Å². The normalized spacial score (nSPS) is 27.6. The van der Waals surface area contributed by atoms with Crippen LogP contribution in [-0.2, 0) is 4.74 Å².